The molecular formula is C11H16BrN3O. The number of benzene rings is 1. The molecule has 0 spiro atoms. The molecule has 0 aromatic heterocycles. The van der Waals surface area contributed by atoms with E-state index in [4.69, 9.17) is 10.6 Å². The van der Waals surface area contributed by atoms with Gasteiger partial charge < -0.3 is 10.2 Å². The molecule has 0 heterocycles. The van der Waals surface area contributed by atoms with E-state index in [0.29, 0.717) is 19.0 Å². The molecule has 0 bridgehead atoms. The number of methoxy groups -OCH3 is 1. The molecule has 0 atom stereocenters. The molecular weight excluding hydrogens is 270 g/mol. The van der Waals surface area contributed by atoms with Gasteiger partial charge in [-0.05, 0) is 28.4 Å². The SMILES string of the molecule is COCCN=C(NN)c1cccc(C)c1Br. The van der Waals surface area contributed by atoms with E-state index in [1.165, 1.54) is 0 Å². The Balaban J connectivity index is 2.95. The monoisotopic (exact) mass is 285 g/mol. The van der Waals surface area contributed by atoms with Crippen molar-refractivity contribution in [2.24, 2.45) is 10.8 Å². The molecule has 0 aliphatic heterocycles. The third-order valence-corrected chi connectivity index (χ3v) is 3.20. The molecule has 0 aliphatic rings. The van der Waals surface area contributed by atoms with Crippen molar-refractivity contribution < 1.29 is 4.74 Å². The zero-order chi connectivity index (χ0) is 12.0. The van der Waals surface area contributed by atoms with Gasteiger partial charge in [0.2, 0.25) is 0 Å². The van der Waals surface area contributed by atoms with Gasteiger partial charge in [-0.2, -0.15) is 0 Å². The van der Waals surface area contributed by atoms with E-state index in [1.807, 2.05) is 25.1 Å². The normalized spacial score (nSPS) is 11.6. The van der Waals surface area contributed by atoms with Gasteiger partial charge in [-0.15, -0.1) is 0 Å². The minimum Gasteiger partial charge on any atom is -0.383 e. The van der Waals surface area contributed by atoms with Crippen LogP contribution in [0.2, 0.25) is 0 Å². The molecule has 1 rings (SSSR count). The number of aryl methyl sites for hydroxylation is 1. The zero-order valence-corrected chi connectivity index (χ0v) is 11.0. The average Bonchev–Trinajstić information content (AvgIpc) is 2.29. The highest BCUT2D eigenvalue weighted by Crippen LogP contribution is 2.20. The van der Waals surface area contributed by atoms with Crippen LogP contribution < -0.4 is 11.3 Å². The van der Waals surface area contributed by atoms with Gasteiger partial charge in [0.15, 0.2) is 0 Å². The average molecular weight is 286 g/mol. The first-order valence-electron chi connectivity index (χ1n) is 4.96. The molecule has 4 nitrogen and oxygen atoms in total. The number of nitrogens with two attached hydrogens (primary N) is 1. The highest BCUT2D eigenvalue weighted by molar-refractivity contribution is 9.10. The van der Waals surface area contributed by atoms with Crippen LogP contribution in [-0.2, 0) is 4.74 Å². The van der Waals surface area contributed by atoms with E-state index >= 15 is 0 Å². The van der Waals surface area contributed by atoms with Crippen molar-refractivity contribution >= 4 is 21.8 Å². The van der Waals surface area contributed by atoms with Crippen molar-refractivity contribution in [3.63, 3.8) is 0 Å². The van der Waals surface area contributed by atoms with E-state index in [9.17, 15) is 0 Å². The van der Waals surface area contributed by atoms with Gasteiger partial charge >= 0.3 is 0 Å². The Morgan fingerprint density at radius 2 is 2.31 bits per heavy atom. The fourth-order valence-corrected chi connectivity index (χ4v) is 1.74. The number of rotatable bonds is 4. The van der Waals surface area contributed by atoms with Crippen LogP contribution in [0.25, 0.3) is 0 Å². The predicted molar refractivity (Wildman–Crippen MR) is 69.5 cm³/mol. The minimum absolute atomic E-state index is 0.578. The van der Waals surface area contributed by atoms with Gasteiger partial charge in [-0.25, -0.2) is 5.84 Å². The lowest BCUT2D eigenvalue weighted by atomic mass is 10.1. The van der Waals surface area contributed by atoms with Crippen molar-refractivity contribution in [3.8, 4) is 0 Å². The second-order valence-corrected chi connectivity index (χ2v) is 4.10. The number of aliphatic imine (C=N–C) groups is 1. The summed E-state index contributed by atoms with van der Waals surface area (Å²) in [5, 5.41) is 0. The Kier molecular flexibility index (Phi) is 5.45. The smallest absolute Gasteiger partial charge is 0.143 e. The van der Waals surface area contributed by atoms with E-state index in [-0.39, 0.29) is 0 Å². The maximum absolute atomic E-state index is 5.46. The minimum atomic E-state index is 0.578. The summed E-state index contributed by atoms with van der Waals surface area (Å²) in [4.78, 5) is 4.33. The Morgan fingerprint density at radius 3 is 2.94 bits per heavy atom. The Morgan fingerprint density at radius 1 is 1.56 bits per heavy atom. The molecule has 0 amide bonds. The van der Waals surface area contributed by atoms with Gasteiger partial charge in [-0.3, -0.25) is 4.99 Å². The first-order chi connectivity index (χ1) is 7.70. The summed E-state index contributed by atoms with van der Waals surface area (Å²) in [5.74, 6) is 6.12. The van der Waals surface area contributed by atoms with Crippen LogP contribution in [0.15, 0.2) is 27.7 Å². The molecule has 1 aromatic carbocycles. The van der Waals surface area contributed by atoms with E-state index < -0.39 is 0 Å². The number of hydrogen-bond acceptors (Lipinski definition) is 3. The lowest BCUT2D eigenvalue weighted by molar-refractivity contribution is 0.208. The number of nitrogens with one attached hydrogen (secondary N) is 1. The van der Waals surface area contributed by atoms with Gasteiger partial charge in [0, 0.05) is 17.1 Å². The van der Waals surface area contributed by atoms with Crippen LogP contribution in [0, 0.1) is 6.92 Å². The van der Waals surface area contributed by atoms with Crippen molar-refractivity contribution in [2.75, 3.05) is 20.3 Å². The highest BCUT2D eigenvalue weighted by Gasteiger charge is 2.07. The van der Waals surface area contributed by atoms with Crippen LogP contribution >= 0.6 is 15.9 Å². The third kappa shape index (κ3) is 3.30. The van der Waals surface area contributed by atoms with Gasteiger partial charge in [0.05, 0.1) is 13.2 Å². The van der Waals surface area contributed by atoms with Crippen LogP contribution in [0.1, 0.15) is 11.1 Å². The second-order valence-electron chi connectivity index (χ2n) is 3.30. The second kappa shape index (κ2) is 6.62. The van der Waals surface area contributed by atoms with Gasteiger partial charge in [-0.1, -0.05) is 18.2 Å². The van der Waals surface area contributed by atoms with Crippen LogP contribution in [0.5, 0.6) is 0 Å². The molecule has 0 fully saturated rings. The largest absolute Gasteiger partial charge is 0.383 e. The Hall–Kier alpha value is -0.910. The van der Waals surface area contributed by atoms with Gasteiger partial charge in [0.25, 0.3) is 0 Å². The number of nitrogens with zero attached hydrogens (tertiary/aromatic N) is 1. The molecule has 16 heavy (non-hydrogen) atoms. The summed E-state index contributed by atoms with van der Waals surface area (Å²) < 4.78 is 5.94. The van der Waals surface area contributed by atoms with E-state index in [1.54, 1.807) is 7.11 Å². The fraction of sp³-hybridized carbons (Fsp3) is 0.364. The Bertz CT molecular complexity index is 379. The van der Waals surface area contributed by atoms with Crippen molar-refractivity contribution in [3.05, 3.63) is 33.8 Å². The standard InChI is InChI=1S/C11H16BrN3O/c1-8-4-3-5-9(10(8)12)11(15-13)14-6-7-16-2/h3-5H,6-7,13H2,1-2H3,(H,14,15). The summed E-state index contributed by atoms with van der Waals surface area (Å²) in [6.07, 6.45) is 0. The van der Waals surface area contributed by atoms with E-state index in [0.717, 1.165) is 15.6 Å². The third-order valence-electron chi connectivity index (χ3n) is 2.15. The maximum Gasteiger partial charge on any atom is 0.143 e. The number of hydrogen-bond donors (Lipinski definition) is 2. The number of amidine groups is 1. The summed E-state index contributed by atoms with van der Waals surface area (Å²) in [6.45, 7) is 3.18. The lowest BCUT2D eigenvalue weighted by Crippen LogP contribution is -2.32. The van der Waals surface area contributed by atoms with Crippen LogP contribution in [0.4, 0.5) is 0 Å². The number of hydrazine groups is 1. The molecule has 88 valence electrons. The molecule has 0 aliphatic carbocycles. The topological polar surface area (TPSA) is 59.6 Å². The lowest BCUT2D eigenvalue weighted by Gasteiger charge is -2.09. The molecule has 0 unspecified atom stereocenters. The summed E-state index contributed by atoms with van der Waals surface area (Å²) in [7, 11) is 1.65. The highest BCUT2D eigenvalue weighted by atomic mass is 79.9. The molecule has 0 saturated carbocycles. The molecule has 5 heteroatoms. The summed E-state index contributed by atoms with van der Waals surface area (Å²) in [6, 6.07) is 5.96. The molecule has 0 saturated heterocycles. The van der Waals surface area contributed by atoms with Gasteiger partial charge in [0.1, 0.15) is 5.84 Å². The predicted octanol–water partition coefficient (Wildman–Crippen LogP) is 1.61. The molecule has 3 N–H and O–H groups in total. The molecule has 0 radical (unpaired) electrons. The Labute approximate surface area is 104 Å². The van der Waals surface area contributed by atoms with Crippen molar-refractivity contribution in [1.82, 2.24) is 5.43 Å². The quantitative estimate of drug-likeness (QED) is 0.291. The number of ether oxygens (including phenoxy) is 1. The zero-order valence-electron chi connectivity index (χ0n) is 9.46. The first-order valence-corrected chi connectivity index (χ1v) is 5.75. The first kappa shape index (κ1) is 13.2. The summed E-state index contributed by atoms with van der Waals surface area (Å²) >= 11 is 3.52. The van der Waals surface area contributed by atoms with Crippen LogP contribution in [0.3, 0.4) is 0 Å². The maximum atomic E-state index is 5.46. The fourth-order valence-electron chi connectivity index (χ4n) is 1.29. The summed E-state index contributed by atoms with van der Waals surface area (Å²) in [5.41, 5.74) is 4.71. The molecule has 1 aromatic rings. The van der Waals surface area contributed by atoms with Crippen molar-refractivity contribution in [1.29, 1.82) is 0 Å². The van der Waals surface area contributed by atoms with Crippen molar-refractivity contribution in [2.45, 2.75) is 6.92 Å². The van der Waals surface area contributed by atoms with E-state index in [2.05, 4.69) is 26.3 Å². The van der Waals surface area contributed by atoms with Crippen LogP contribution in [-0.4, -0.2) is 26.1 Å². The number of halogens is 1.